The predicted molar refractivity (Wildman–Crippen MR) is 112 cm³/mol. The van der Waals surface area contributed by atoms with Gasteiger partial charge in [-0.15, -0.1) is 10.2 Å². The Hall–Kier alpha value is -1.90. The standard InChI is InChI=1S/C18H17BrN4OS2/c1-12(16(24)21-15-9-7-14(19)8-10-15)25-18-23-22-17(26-18)20-11-13-5-3-2-4-6-13/h2-10,12H,11H2,1H3,(H,20,22)(H,21,24). The van der Waals surface area contributed by atoms with Crippen LogP contribution in [0.25, 0.3) is 0 Å². The Morgan fingerprint density at radius 3 is 2.62 bits per heavy atom. The Kier molecular flexibility index (Phi) is 6.65. The molecule has 1 atom stereocenters. The van der Waals surface area contributed by atoms with Crippen molar-refractivity contribution in [2.45, 2.75) is 23.1 Å². The van der Waals surface area contributed by atoms with Crippen LogP contribution in [-0.2, 0) is 11.3 Å². The number of carbonyl (C=O) groups is 1. The summed E-state index contributed by atoms with van der Waals surface area (Å²) in [5, 5.41) is 14.9. The molecule has 1 aromatic heterocycles. The molecule has 3 rings (SSSR count). The Bertz CT molecular complexity index is 855. The zero-order valence-electron chi connectivity index (χ0n) is 14.0. The van der Waals surface area contributed by atoms with Gasteiger partial charge in [-0.3, -0.25) is 4.79 Å². The Morgan fingerprint density at radius 1 is 1.15 bits per heavy atom. The van der Waals surface area contributed by atoms with Crippen molar-refractivity contribution in [1.82, 2.24) is 10.2 Å². The van der Waals surface area contributed by atoms with Crippen molar-refractivity contribution >= 4 is 55.8 Å². The van der Waals surface area contributed by atoms with E-state index in [1.54, 1.807) is 0 Å². The van der Waals surface area contributed by atoms with Gasteiger partial charge in [0.2, 0.25) is 11.0 Å². The fourth-order valence-corrected chi connectivity index (χ4v) is 4.24. The summed E-state index contributed by atoms with van der Waals surface area (Å²) in [5.74, 6) is -0.0636. The monoisotopic (exact) mass is 448 g/mol. The lowest BCUT2D eigenvalue weighted by Gasteiger charge is -2.10. The Morgan fingerprint density at radius 2 is 1.88 bits per heavy atom. The van der Waals surface area contributed by atoms with E-state index in [1.807, 2.05) is 49.4 Å². The van der Waals surface area contributed by atoms with Crippen molar-refractivity contribution in [3.8, 4) is 0 Å². The smallest absolute Gasteiger partial charge is 0.237 e. The molecule has 2 aromatic carbocycles. The van der Waals surface area contributed by atoms with E-state index in [1.165, 1.54) is 28.7 Å². The van der Waals surface area contributed by atoms with Crippen molar-refractivity contribution in [3.63, 3.8) is 0 Å². The van der Waals surface area contributed by atoms with E-state index in [4.69, 9.17) is 0 Å². The molecule has 0 saturated carbocycles. The van der Waals surface area contributed by atoms with Crippen molar-refractivity contribution < 1.29 is 4.79 Å². The van der Waals surface area contributed by atoms with E-state index < -0.39 is 0 Å². The Labute approximate surface area is 168 Å². The van der Waals surface area contributed by atoms with E-state index in [2.05, 4.69) is 48.9 Å². The minimum Gasteiger partial charge on any atom is -0.356 e. The number of nitrogens with one attached hydrogen (secondary N) is 2. The number of benzene rings is 2. The van der Waals surface area contributed by atoms with Gasteiger partial charge in [0, 0.05) is 16.7 Å². The van der Waals surface area contributed by atoms with Crippen LogP contribution in [0.3, 0.4) is 0 Å². The fourth-order valence-electron chi connectivity index (χ4n) is 2.08. The van der Waals surface area contributed by atoms with Gasteiger partial charge in [-0.25, -0.2) is 0 Å². The highest BCUT2D eigenvalue weighted by molar-refractivity contribution is 9.10. The molecule has 2 N–H and O–H groups in total. The largest absolute Gasteiger partial charge is 0.356 e. The maximum atomic E-state index is 12.3. The average Bonchev–Trinajstić information content (AvgIpc) is 3.10. The second-order valence-corrected chi connectivity index (χ2v) is 8.95. The van der Waals surface area contributed by atoms with E-state index in [-0.39, 0.29) is 11.2 Å². The zero-order chi connectivity index (χ0) is 18.4. The number of hydrogen-bond acceptors (Lipinski definition) is 6. The molecular weight excluding hydrogens is 432 g/mol. The number of anilines is 2. The minimum atomic E-state index is -0.270. The third-order valence-electron chi connectivity index (χ3n) is 3.45. The highest BCUT2D eigenvalue weighted by Crippen LogP contribution is 2.29. The van der Waals surface area contributed by atoms with E-state index in [0.29, 0.717) is 6.54 Å². The first-order chi connectivity index (χ1) is 12.6. The molecule has 0 fully saturated rings. The van der Waals surface area contributed by atoms with Crippen molar-refractivity contribution in [3.05, 3.63) is 64.6 Å². The van der Waals surface area contributed by atoms with Crippen LogP contribution in [0.2, 0.25) is 0 Å². The van der Waals surface area contributed by atoms with Gasteiger partial charge >= 0.3 is 0 Å². The quantitative estimate of drug-likeness (QED) is 0.495. The van der Waals surface area contributed by atoms with Crippen LogP contribution in [0, 0.1) is 0 Å². The maximum Gasteiger partial charge on any atom is 0.237 e. The molecule has 1 unspecified atom stereocenters. The molecule has 134 valence electrons. The van der Waals surface area contributed by atoms with Crippen LogP contribution in [-0.4, -0.2) is 21.4 Å². The molecular formula is C18H17BrN4OS2. The van der Waals surface area contributed by atoms with Crippen molar-refractivity contribution in [2.24, 2.45) is 0 Å². The van der Waals surface area contributed by atoms with Crippen LogP contribution in [0.4, 0.5) is 10.8 Å². The lowest BCUT2D eigenvalue weighted by Crippen LogP contribution is -2.22. The molecule has 5 nitrogen and oxygen atoms in total. The lowest BCUT2D eigenvalue weighted by atomic mass is 10.2. The van der Waals surface area contributed by atoms with Crippen molar-refractivity contribution in [1.29, 1.82) is 0 Å². The number of carbonyl (C=O) groups excluding carboxylic acids is 1. The zero-order valence-corrected chi connectivity index (χ0v) is 17.2. The molecule has 8 heteroatoms. The number of halogens is 1. The van der Waals surface area contributed by atoms with Crippen LogP contribution < -0.4 is 10.6 Å². The highest BCUT2D eigenvalue weighted by Gasteiger charge is 2.17. The molecule has 0 aliphatic carbocycles. The number of nitrogens with zero attached hydrogens (tertiary/aromatic N) is 2. The van der Waals surface area contributed by atoms with Gasteiger partial charge < -0.3 is 10.6 Å². The molecule has 0 aliphatic rings. The van der Waals surface area contributed by atoms with Crippen LogP contribution in [0.1, 0.15) is 12.5 Å². The summed E-state index contributed by atoms with van der Waals surface area (Å²) in [4.78, 5) is 12.3. The maximum absolute atomic E-state index is 12.3. The minimum absolute atomic E-state index is 0.0636. The molecule has 0 aliphatic heterocycles. The summed E-state index contributed by atoms with van der Waals surface area (Å²) < 4.78 is 1.74. The first kappa shape index (κ1) is 18.9. The second kappa shape index (κ2) is 9.16. The highest BCUT2D eigenvalue weighted by atomic mass is 79.9. The van der Waals surface area contributed by atoms with Crippen molar-refractivity contribution in [2.75, 3.05) is 10.6 Å². The molecule has 0 spiro atoms. The number of aromatic nitrogens is 2. The summed E-state index contributed by atoms with van der Waals surface area (Å²) in [6.07, 6.45) is 0. The number of thioether (sulfide) groups is 1. The van der Waals surface area contributed by atoms with Crippen LogP contribution in [0.15, 0.2) is 63.4 Å². The molecule has 26 heavy (non-hydrogen) atoms. The van der Waals surface area contributed by atoms with Gasteiger partial charge in [-0.1, -0.05) is 69.4 Å². The summed E-state index contributed by atoms with van der Waals surface area (Å²) in [5.41, 5.74) is 1.95. The molecule has 1 amide bonds. The summed E-state index contributed by atoms with van der Waals surface area (Å²) >= 11 is 6.23. The van der Waals surface area contributed by atoms with Crippen LogP contribution in [0.5, 0.6) is 0 Å². The Balaban J connectivity index is 1.51. The number of amides is 1. The SMILES string of the molecule is CC(Sc1nnc(NCc2ccccc2)s1)C(=O)Nc1ccc(Br)cc1. The average molecular weight is 449 g/mol. The fraction of sp³-hybridized carbons (Fsp3) is 0.167. The summed E-state index contributed by atoms with van der Waals surface area (Å²) in [7, 11) is 0. The molecule has 1 heterocycles. The third-order valence-corrected chi connectivity index (χ3v) is 6.05. The predicted octanol–water partition coefficient (Wildman–Crippen LogP) is 5.03. The first-order valence-corrected chi connectivity index (χ1v) is 10.4. The van der Waals surface area contributed by atoms with Gasteiger partial charge in [-0.2, -0.15) is 0 Å². The number of hydrogen-bond donors (Lipinski definition) is 2. The van der Waals surface area contributed by atoms with Gasteiger partial charge in [-0.05, 0) is 36.8 Å². The number of rotatable bonds is 7. The first-order valence-electron chi connectivity index (χ1n) is 7.94. The summed E-state index contributed by atoms with van der Waals surface area (Å²) in [6, 6.07) is 17.6. The van der Waals surface area contributed by atoms with E-state index in [9.17, 15) is 4.79 Å². The second-order valence-electron chi connectivity index (χ2n) is 5.47. The van der Waals surface area contributed by atoms with E-state index in [0.717, 1.165) is 19.6 Å². The molecule has 3 aromatic rings. The van der Waals surface area contributed by atoms with Crippen LogP contribution >= 0.6 is 39.0 Å². The normalized spacial score (nSPS) is 11.8. The molecule has 0 bridgehead atoms. The topological polar surface area (TPSA) is 66.9 Å². The van der Waals surface area contributed by atoms with E-state index >= 15 is 0 Å². The van der Waals surface area contributed by atoms with Gasteiger partial charge in [0.15, 0.2) is 4.34 Å². The van der Waals surface area contributed by atoms with Gasteiger partial charge in [0.25, 0.3) is 0 Å². The summed E-state index contributed by atoms with van der Waals surface area (Å²) in [6.45, 7) is 2.55. The molecule has 0 saturated heterocycles. The van der Waals surface area contributed by atoms with Gasteiger partial charge in [0.1, 0.15) is 0 Å². The van der Waals surface area contributed by atoms with Gasteiger partial charge in [0.05, 0.1) is 5.25 Å². The lowest BCUT2D eigenvalue weighted by molar-refractivity contribution is -0.115. The third kappa shape index (κ3) is 5.55. The molecule has 0 radical (unpaired) electrons.